The van der Waals surface area contributed by atoms with E-state index in [1.165, 1.54) is 212 Å². The first kappa shape index (κ1) is 44.1. The van der Waals surface area contributed by atoms with Crippen LogP contribution in [-0.2, 0) is 21.2 Å². The molecule has 0 spiro atoms. The van der Waals surface area contributed by atoms with Crippen LogP contribution in [0.2, 0.25) is 0 Å². The molecule has 0 aromatic carbocycles. The SMILES string of the molecule is CCCCCCCCCCCC[NH+](CCCCCCCCCCCC)CCCCCCCCCCCC.[O]=[Cr](=[O])([O-])[OH]. The van der Waals surface area contributed by atoms with E-state index in [0.717, 1.165) is 0 Å². The van der Waals surface area contributed by atoms with Crippen molar-refractivity contribution in [2.75, 3.05) is 19.6 Å². The fourth-order valence-electron chi connectivity index (χ4n) is 5.96. The van der Waals surface area contributed by atoms with Crippen molar-refractivity contribution in [2.24, 2.45) is 0 Å². The van der Waals surface area contributed by atoms with Crippen LogP contribution in [0.25, 0.3) is 0 Å². The van der Waals surface area contributed by atoms with Gasteiger partial charge in [-0.25, -0.2) is 0 Å². The second-order valence-corrected chi connectivity index (χ2v) is 14.3. The molecule has 0 rings (SSSR count). The summed E-state index contributed by atoms with van der Waals surface area (Å²) in [7, 11) is 0. The van der Waals surface area contributed by atoms with Crippen LogP contribution < -0.4 is 9.06 Å². The van der Waals surface area contributed by atoms with Crippen LogP contribution in [0, 0.1) is 0 Å². The summed E-state index contributed by atoms with van der Waals surface area (Å²) < 4.78 is 33.1. The average Bonchev–Trinajstić information content (AvgIpc) is 2.94. The Labute approximate surface area is 266 Å². The summed E-state index contributed by atoms with van der Waals surface area (Å²) >= 11 is -5.50. The second-order valence-electron chi connectivity index (χ2n) is 13.0. The molecule has 0 atom stereocenters. The molecule has 6 heteroatoms. The molecule has 0 aliphatic heterocycles. The van der Waals surface area contributed by atoms with Gasteiger partial charge in [-0.1, -0.05) is 175 Å². The van der Waals surface area contributed by atoms with Crippen LogP contribution >= 0.6 is 0 Å². The molecule has 5 nitrogen and oxygen atoms in total. The summed E-state index contributed by atoms with van der Waals surface area (Å²) in [5, 5.41) is 0. The fraction of sp³-hybridized carbons (Fsp3) is 1.00. The summed E-state index contributed by atoms with van der Waals surface area (Å²) in [6, 6.07) is 0. The minimum absolute atomic E-state index is 1.37. The van der Waals surface area contributed by atoms with Crippen LogP contribution in [0.3, 0.4) is 0 Å². The number of hydrogen-bond acceptors (Lipinski definition) is 3. The molecular weight excluding hydrogens is 562 g/mol. The molecule has 0 saturated heterocycles. The molecule has 42 heavy (non-hydrogen) atoms. The molecule has 0 radical (unpaired) electrons. The van der Waals surface area contributed by atoms with E-state index in [2.05, 4.69) is 20.8 Å². The molecule has 0 bridgehead atoms. The Morgan fingerprint density at radius 2 is 0.524 bits per heavy atom. The van der Waals surface area contributed by atoms with Gasteiger partial charge in [-0.05, 0) is 38.5 Å². The first-order chi connectivity index (χ1) is 20.3. The van der Waals surface area contributed by atoms with Gasteiger partial charge >= 0.3 is 29.5 Å². The van der Waals surface area contributed by atoms with Crippen molar-refractivity contribution in [3.8, 4) is 0 Å². The molecule has 0 unspecified atom stereocenters. The third-order valence-corrected chi connectivity index (χ3v) is 8.65. The van der Waals surface area contributed by atoms with E-state index in [4.69, 9.17) is 15.9 Å². The van der Waals surface area contributed by atoms with Crippen molar-refractivity contribution in [1.82, 2.24) is 0 Å². The van der Waals surface area contributed by atoms with Gasteiger partial charge in [-0.3, -0.25) is 0 Å². The molecule has 256 valence electrons. The van der Waals surface area contributed by atoms with Gasteiger partial charge in [-0.2, -0.15) is 0 Å². The number of nitrogens with one attached hydrogen (secondary N) is 1. The van der Waals surface area contributed by atoms with Gasteiger partial charge in [0.2, 0.25) is 0 Å². The van der Waals surface area contributed by atoms with Gasteiger partial charge in [-0.15, -0.1) is 0 Å². The molecule has 0 aromatic heterocycles. The van der Waals surface area contributed by atoms with Gasteiger partial charge < -0.3 is 4.90 Å². The molecule has 0 amide bonds. The molecule has 0 aliphatic rings. The Balaban J connectivity index is 0. The Kier molecular flexibility index (Phi) is 39.1. The van der Waals surface area contributed by atoms with Crippen molar-refractivity contribution in [3.63, 3.8) is 0 Å². The normalized spacial score (nSPS) is 11.7. The molecule has 0 saturated carbocycles. The van der Waals surface area contributed by atoms with Crippen LogP contribution in [0.4, 0.5) is 0 Å². The third-order valence-electron chi connectivity index (χ3n) is 8.65. The molecule has 0 aromatic rings. The number of unbranched alkanes of at least 4 members (excludes halogenated alkanes) is 27. The number of hydrogen-bond donors (Lipinski definition) is 2. The van der Waals surface area contributed by atoms with Gasteiger partial charge in [0.25, 0.3) is 0 Å². The van der Waals surface area contributed by atoms with Crippen molar-refractivity contribution in [3.05, 3.63) is 0 Å². The van der Waals surface area contributed by atoms with Gasteiger partial charge in [0.15, 0.2) is 0 Å². The topological polar surface area (TPSA) is 81.9 Å². The van der Waals surface area contributed by atoms with E-state index in [9.17, 15) is 0 Å². The van der Waals surface area contributed by atoms with E-state index in [-0.39, 0.29) is 0 Å². The predicted octanol–water partition coefficient (Wildman–Crippen LogP) is 9.65. The standard InChI is InChI=1S/C36H75N.Cr.H2O.3O/c1-4-7-10-13-16-19-22-25-28-31-34-37(35-32-29-26-23-20-17-14-11-8-5-2)36-33-30-27-24-21-18-15-12-9-6-3;;;;;/h4-36H2,1-3H3;;1H2;;;/q;+1;;;;-1. The van der Waals surface area contributed by atoms with E-state index in [1.54, 1.807) is 0 Å². The van der Waals surface area contributed by atoms with Crippen molar-refractivity contribution in [1.29, 1.82) is 0 Å². The summed E-state index contributed by atoms with van der Waals surface area (Å²) in [4.78, 5) is 1.94. The first-order valence-electron chi connectivity index (χ1n) is 18.9. The average molecular weight is 640 g/mol. The first-order valence-corrected chi connectivity index (χ1v) is 21.0. The maximum absolute atomic E-state index is 8.70. The molecule has 0 aliphatic carbocycles. The summed E-state index contributed by atoms with van der Waals surface area (Å²) in [5.74, 6) is 0. The van der Waals surface area contributed by atoms with E-state index >= 15 is 0 Å². The quantitative estimate of drug-likeness (QED) is 0.0701. The van der Waals surface area contributed by atoms with Crippen molar-refractivity contribution < 1.29 is 34.4 Å². The number of quaternary nitrogens is 1. The minimum atomic E-state index is -5.50. The van der Waals surface area contributed by atoms with E-state index in [1.807, 2.05) is 4.90 Å². The maximum atomic E-state index is 8.70. The summed E-state index contributed by atoms with van der Waals surface area (Å²) in [5.41, 5.74) is 0. The van der Waals surface area contributed by atoms with Crippen LogP contribution in [0.1, 0.15) is 213 Å². The number of rotatable bonds is 33. The van der Waals surface area contributed by atoms with E-state index < -0.39 is 13.6 Å². The van der Waals surface area contributed by atoms with Crippen LogP contribution in [0.5, 0.6) is 0 Å². The Hall–Kier alpha value is 0.0125. The third kappa shape index (κ3) is 47.0. The Morgan fingerprint density at radius 1 is 0.381 bits per heavy atom. The second kappa shape index (κ2) is 37.2. The van der Waals surface area contributed by atoms with Crippen LogP contribution in [-0.4, -0.2) is 23.8 Å². The van der Waals surface area contributed by atoms with E-state index in [0.29, 0.717) is 0 Å². The van der Waals surface area contributed by atoms with Crippen molar-refractivity contribution >= 4 is 0 Å². The van der Waals surface area contributed by atoms with Crippen LogP contribution in [0.15, 0.2) is 0 Å². The Morgan fingerprint density at radius 3 is 0.690 bits per heavy atom. The molecule has 0 heterocycles. The van der Waals surface area contributed by atoms with Gasteiger partial charge in [0, 0.05) is 0 Å². The summed E-state index contributed by atoms with van der Waals surface area (Å²) in [6.07, 6.45) is 43.9. The summed E-state index contributed by atoms with van der Waals surface area (Å²) in [6.45, 7) is 11.3. The van der Waals surface area contributed by atoms with Crippen molar-refractivity contribution in [2.45, 2.75) is 213 Å². The predicted molar refractivity (Wildman–Crippen MR) is 175 cm³/mol. The molecule has 2 N–H and O–H groups in total. The van der Waals surface area contributed by atoms with Gasteiger partial charge in [0.05, 0.1) is 19.6 Å². The molecule has 0 fully saturated rings. The zero-order valence-electron chi connectivity index (χ0n) is 28.9. The monoisotopic (exact) mass is 640 g/mol. The zero-order chi connectivity index (χ0) is 31.4. The zero-order valence-corrected chi connectivity index (χ0v) is 30.2. The Bertz CT molecular complexity index is 520. The molecular formula is C36H77CrNO4. The fourth-order valence-corrected chi connectivity index (χ4v) is 5.96. The van der Waals surface area contributed by atoms with Gasteiger partial charge in [0.1, 0.15) is 0 Å².